The first-order valence-corrected chi connectivity index (χ1v) is 10.7. The molecule has 6 heteroatoms. The van der Waals surface area contributed by atoms with E-state index in [1.165, 1.54) is 0 Å². The summed E-state index contributed by atoms with van der Waals surface area (Å²) < 4.78 is 10.9. The fraction of sp³-hybridized carbons (Fsp3) is 0.458. The second-order valence-corrected chi connectivity index (χ2v) is 8.15. The van der Waals surface area contributed by atoms with Crippen molar-refractivity contribution in [2.75, 3.05) is 33.9 Å². The Morgan fingerprint density at radius 2 is 1.90 bits per heavy atom. The summed E-state index contributed by atoms with van der Waals surface area (Å²) >= 11 is 0. The van der Waals surface area contributed by atoms with Crippen LogP contribution in [0, 0.1) is 0 Å². The van der Waals surface area contributed by atoms with Crippen LogP contribution in [0.5, 0.6) is 17.2 Å². The molecule has 0 amide bonds. The normalized spacial score (nSPS) is 21.3. The molecule has 0 aliphatic carbocycles. The lowest BCUT2D eigenvalue weighted by Gasteiger charge is -2.44. The fourth-order valence-electron chi connectivity index (χ4n) is 4.42. The van der Waals surface area contributed by atoms with Crippen molar-refractivity contribution in [3.05, 3.63) is 53.6 Å². The smallest absolute Gasteiger partial charge is 0.162 e. The van der Waals surface area contributed by atoms with Gasteiger partial charge in [0, 0.05) is 36.8 Å². The zero-order valence-corrected chi connectivity index (χ0v) is 18.0. The average Bonchev–Trinajstić information content (AvgIpc) is 2.77. The third-order valence-corrected chi connectivity index (χ3v) is 6.13. The van der Waals surface area contributed by atoms with Crippen LogP contribution in [-0.4, -0.2) is 55.2 Å². The Morgan fingerprint density at radius 3 is 2.57 bits per heavy atom. The number of benzene rings is 2. The Labute approximate surface area is 178 Å². The highest BCUT2D eigenvalue weighted by Gasteiger charge is 2.40. The summed E-state index contributed by atoms with van der Waals surface area (Å²) in [5.41, 5.74) is 2.70. The number of ether oxygens (including phenoxy) is 2. The van der Waals surface area contributed by atoms with E-state index in [9.17, 15) is 5.11 Å². The molecule has 1 fully saturated rings. The lowest BCUT2D eigenvalue weighted by atomic mass is 9.87. The first-order valence-electron chi connectivity index (χ1n) is 10.7. The van der Waals surface area contributed by atoms with Crippen LogP contribution in [0.3, 0.4) is 0 Å². The molecule has 1 saturated heterocycles. The summed E-state index contributed by atoms with van der Waals surface area (Å²) in [7, 11) is 3.73. The van der Waals surface area contributed by atoms with Crippen LogP contribution in [0.2, 0.25) is 0 Å². The summed E-state index contributed by atoms with van der Waals surface area (Å²) in [6, 6.07) is 13.8. The molecule has 0 aromatic heterocycles. The van der Waals surface area contributed by atoms with Crippen molar-refractivity contribution in [2.45, 2.75) is 37.9 Å². The molecule has 0 saturated carbocycles. The molecular formula is C24H31N3O3. The minimum Gasteiger partial charge on any atom is -0.504 e. The van der Waals surface area contributed by atoms with Crippen LogP contribution < -0.4 is 14.8 Å². The van der Waals surface area contributed by atoms with Gasteiger partial charge in [0.15, 0.2) is 11.5 Å². The molecule has 0 unspecified atom stereocenters. The number of likely N-dealkylation sites (tertiary alicyclic amines) is 1. The van der Waals surface area contributed by atoms with E-state index >= 15 is 0 Å². The molecule has 2 heterocycles. The summed E-state index contributed by atoms with van der Waals surface area (Å²) in [6.07, 6.45) is 2.57. The van der Waals surface area contributed by atoms with Crippen molar-refractivity contribution in [3.8, 4) is 17.2 Å². The Morgan fingerprint density at radius 1 is 1.17 bits per heavy atom. The lowest BCUT2D eigenvalue weighted by molar-refractivity contribution is 0.144. The van der Waals surface area contributed by atoms with Gasteiger partial charge in [0.1, 0.15) is 11.4 Å². The Hall–Kier alpha value is -2.57. The first kappa shape index (κ1) is 20.7. The van der Waals surface area contributed by atoms with Crippen molar-refractivity contribution >= 4 is 5.71 Å². The van der Waals surface area contributed by atoms with E-state index in [-0.39, 0.29) is 17.5 Å². The van der Waals surface area contributed by atoms with Crippen molar-refractivity contribution in [1.29, 1.82) is 0 Å². The van der Waals surface area contributed by atoms with E-state index in [1.807, 2.05) is 31.2 Å². The van der Waals surface area contributed by atoms with Crippen LogP contribution >= 0.6 is 0 Å². The number of phenols is 1. The van der Waals surface area contributed by atoms with Gasteiger partial charge in [-0.2, -0.15) is 0 Å². The van der Waals surface area contributed by atoms with E-state index < -0.39 is 0 Å². The molecule has 2 aliphatic rings. The number of methoxy groups -OCH3 is 1. The van der Waals surface area contributed by atoms with Crippen molar-refractivity contribution in [2.24, 2.45) is 4.99 Å². The van der Waals surface area contributed by atoms with Gasteiger partial charge in [-0.1, -0.05) is 12.1 Å². The summed E-state index contributed by atoms with van der Waals surface area (Å²) in [4.78, 5) is 7.57. The SMILES string of the molecule is CCOc1ccc(C2=NC3(CCN(C)CC3)N[C@@H](c3cccc(OC)c3O)C2)cc1. The monoisotopic (exact) mass is 409 g/mol. The van der Waals surface area contributed by atoms with E-state index in [0.29, 0.717) is 18.8 Å². The number of nitrogens with one attached hydrogen (secondary N) is 1. The van der Waals surface area contributed by atoms with Crippen molar-refractivity contribution in [1.82, 2.24) is 10.2 Å². The second-order valence-electron chi connectivity index (χ2n) is 8.15. The number of hydrogen-bond acceptors (Lipinski definition) is 6. The van der Waals surface area contributed by atoms with Gasteiger partial charge >= 0.3 is 0 Å². The summed E-state index contributed by atoms with van der Waals surface area (Å²) in [6.45, 7) is 4.62. The largest absolute Gasteiger partial charge is 0.504 e. The first-order chi connectivity index (χ1) is 14.5. The fourth-order valence-corrected chi connectivity index (χ4v) is 4.42. The Balaban J connectivity index is 1.70. The number of nitrogens with zero attached hydrogens (tertiary/aromatic N) is 2. The van der Waals surface area contributed by atoms with E-state index in [4.69, 9.17) is 14.5 Å². The molecule has 0 bridgehead atoms. The highest BCUT2D eigenvalue weighted by molar-refractivity contribution is 6.02. The predicted octanol–water partition coefficient (Wildman–Crippen LogP) is 3.75. The van der Waals surface area contributed by atoms with Gasteiger partial charge in [-0.05, 0) is 62.7 Å². The third-order valence-electron chi connectivity index (χ3n) is 6.13. The minimum absolute atomic E-state index is 0.0393. The Kier molecular flexibility index (Phi) is 5.97. The highest BCUT2D eigenvalue weighted by atomic mass is 16.5. The topological polar surface area (TPSA) is 66.3 Å². The number of phenolic OH excluding ortho intramolecular Hbond substituents is 1. The maximum atomic E-state index is 10.8. The molecule has 4 rings (SSSR count). The number of para-hydroxylation sites is 1. The zero-order chi connectivity index (χ0) is 21.1. The lowest BCUT2D eigenvalue weighted by Crippen LogP contribution is -2.55. The van der Waals surface area contributed by atoms with Gasteiger partial charge < -0.3 is 19.5 Å². The molecule has 6 nitrogen and oxygen atoms in total. The molecule has 2 aliphatic heterocycles. The van der Waals surface area contributed by atoms with Crippen LogP contribution in [0.15, 0.2) is 47.5 Å². The number of hydrogen-bond donors (Lipinski definition) is 2. The van der Waals surface area contributed by atoms with Crippen molar-refractivity contribution < 1.29 is 14.6 Å². The van der Waals surface area contributed by atoms with E-state index in [1.54, 1.807) is 13.2 Å². The second kappa shape index (κ2) is 8.66. The molecule has 160 valence electrons. The maximum Gasteiger partial charge on any atom is 0.162 e. The molecule has 1 atom stereocenters. The number of piperidine rings is 1. The number of aliphatic imine (C=N–C) groups is 1. The standard InChI is InChI=1S/C24H31N3O3/c1-4-30-18-10-8-17(9-11-18)20-16-21(19-6-5-7-22(29-3)23(19)28)26-24(25-20)12-14-27(2)15-13-24/h5-11,21,26,28H,4,12-16H2,1-3H3/t21-/m1/s1. The van der Waals surface area contributed by atoms with Crippen LogP contribution in [0.1, 0.15) is 43.4 Å². The number of aromatic hydroxyl groups is 1. The van der Waals surface area contributed by atoms with Gasteiger partial charge in [-0.3, -0.25) is 10.3 Å². The molecule has 2 aromatic rings. The molecule has 2 N–H and O–H groups in total. The zero-order valence-electron chi connectivity index (χ0n) is 18.0. The molecule has 30 heavy (non-hydrogen) atoms. The van der Waals surface area contributed by atoms with Gasteiger partial charge in [0.25, 0.3) is 0 Å². The molecule has 2 aromatic carbocycles. The van der Waals surface area contributed by atoms with Gasteiger partial charge in [-0.15, -0.1) is 0 Å². The van der Waals surface area contributed by atoms with Gasteiger partial charge in [-0.25, -0.2) is 0 Å². The predicted molar refractivity (Wildman–Crippen MR) is 119 cm³/mol. The number of rotatable bonds is 5. The van der Waals surface area contributed by atoms with E-state index in [0.717, 1.165) is 48.5 Å². The van der Waals surface area contributed by atoms with E-state index in [2.05, 4.69) is 29.4 Å². The highest BCUT2D eigenvalue weighted by Crippen LogP contribution is 2.40. The molecule has 1 spiro atoms. The average molecular weight is 410 g/mol. The summed E-state index contributed by atoms with van der Waals surface area (Å²) in [5, 5.41) is 14.6. The van der Waals surface area contributed by atoms with Crippen molar-refractivity contribution in [3.63, 3.8) is 0 Å². The van der Waals surface area contributed by atoms with Crippen LogP contribution in [-0.2, 0) is 0 Å². The van der Waals surface area contributed by atoms with Gasteiger partial charge in [0.2, 0.25) is 0 Å². The van der Waals surface area contributed by atoms with Crippen LogP contribution in [0.4, 0.5) is 0 Å². The Bertz CT molecular complexity index is 902. The quantitative estimate of drug-likeness (QED) is 0.787. The molecule has 0 radical (unpaired) electrons. The van der Waals surface area contributed by atoms with Crippen LogP contribution in [0.25, 0.3) is 0 Å². The van der Waals surface area contributed by atoms with Gasteiger partial charge in [0.05, 0.1) is 13.7 Å². The molecular weight excluding hydrogens is 378 g/mol. The maximum absolute atomic E-state index is 10.8. The summed E-state index contributed by atoms with van der Waals surface area (Å²) in [5.74, 6) is 1.57. The third kappa shape index (κ3) is 4.16. The minimum atomic E-state index is -0.321.